The molecule has 1 spiro atoms. The standard InChI is InChI=1S/C18H28N4O2/c1-15-17(20-9-8-19-15)22-10-3-6-18(14-22)7-5-16(23)21(13-18)11-4-12-24-2/h8-9H,3-7,10-14H2,1-2H3/t18-/m0/s1. The second kappa shape index (κ2) is 7.47. The summed E-state index contributed by atoms with van der Waals surface area (Å²) in [6, 6.07) is 0. The van der Waals surface area contributed by atoms with Crippen molar-refractivity contribution >= 4 is 11.7 Å². The maximum atomic E-state index is 12.3. The Morgan fingerprint density at radius 3 is 2.88 bits per heavy atom. The van der Waals surface area contributed by atoms with Gasteiger partial charge in [0, 0.05) is 64.1 Å². The Balaban J connectivity index is 1.70. The lowest BCUT2D eigenvalue weighted by Gasteiger charge is -2.48. The number of aryl methyl sites for hydroxylation is 1. The summed E-state index contributed by atoms with van der Waals surface area (Å²) in [5.41, 5.74) is 1.18. The van der Waals surface area contributed by atoms with Gasteiger partial charge in [0.05, 0.1) is 5.69 Å². The first-order valence-electron chi connectivity index (χ1n) is 8.93. The first-order valence-corrected chi connectivity index (χ1v) is 8.93. The minimum absolute atomic E-state index is 0.198. The largest absolute Gasteiger partial charge is 0.385 e. The molecular weight excluding hydrogens is 304 g/mol. The molecule has 1 atom stereocenters. The molecule has 2 aliphatic heterocycles. The van der Waals surface area contributed by atoms with Gasteiger partial charge in [-0.05, 0) is 32.6 Å². The number of hydrogen-bond acceptors (Lipinski definition) is 5. The molecule has 0 saturated carbocycles. The molecule has 6 nitrogen and oxygen atoms in total. The van der Waals surface area contributed by atoms with E-state index in [1.807, 2.05) is 6.92 Å². The molecule has 0 bridgehead atoms. The number of rotatable bonds is 5. The fourth-order valence-electron chi connectivity index (χ4n) is 4.14. The zero-order valence-corrected chi connectivity index (χ0v) is 14.8. The number of hydrogen-bond donors (Lipinski definition) is 0. The summed E-state index contributed by atoms with van der Waals surface area (Å²) in [6.45, 7) is 6.40. The number of piperidine rings is 2. The second-order valence-corrected chi connectivity index (χ2v) is 7.15. The molecule has 0 aromatic carbocycles. The van der Waals surface area contributed by atoms with E-state index >= 15 is 0 Å². The highest BCUT2D eigenvalue weighted by atomic mass is 16.5. The lowest BCUT2D eigenvalue weighted by atomic mass is 9.73. The molecule has 3 heterocycles. The van der Waals surface area contributed by atoms with E-state index in [4.69, 9.17) is 4.74 Å². The monoisotopic (exact) mass is 332 g/mol. The fraction of sp³-hybridized carbons (Fsp3) is 0.722. The van der Waals surface area contributed by atoms with Crippen LogP contribution in [0, 0.1) is 12.3 Å². The number of amides is 1. The van der Waals surface area contributed by atoms with Crippen LogP contribution in [0.5, 0.6) is 0 Å². The fourth-order valence-corrected chi connectivity index (χ4v) is 4.14. The van der Waals surface area contributed by atoms with Crippen molar-refractivity contribution in [3.8, 4) is 0 Å². The van der Waals surface area contributed by atoms with E-state index in [9.17, 15) is 4.79 Å². The molecule has 2 fully saturated rings. The van der Waals surface area contributed by atoms with Crippen molar-refractivity contribution in [2.75, 3.05) is 44.8 Å². The Hall–Kier alpha value is -1.69. The second-order valence-electron chi connectivity index (χ2n) is 7.15. The molecule has 0 N–H and O–H groups in total. The Labute approximate surface area is 144 Å². The quantitative estimate of drug-likeness (QED) is 0.772. The first-order chi connectivity index (χ1) is 11.6. The molecule has 2 saturated heterocycles. The maximum Gasteiger partial charge on any atom is 0.222 e. The van der Waals surface area contributed by atoms with Crippen LogP contribution in [0.2, 0.25) is 0 Å². The predicted molar refractivity (Wildman–Crippen MR) is 93.0 cm³/mol. The number of methoxy groups -OCH3 is 1. The van der Waals surface area contributed by atoms with Gasteiger partial charge in [0.1, 0.15) is 5.82 Å². The first kappa shape index (κ1) is 17.1. The van der Waals surface area contributed by atoms with Crippen LogP contribution in [0.15, 0.2) is 12.4 Å². The van der Waals surface area contributed by atoms with Gasteiger partial charge in [-0.3, -0.25) is 9.78 Å². The summed E-state index contributed by atoms with van der Waals surface area (Å²) in [6.07, 6.45) is 8.42. The molecule has 3 rings (SSSR count). The number of aromatic nitrogens is 2. The third kappa shape index (κ3) is 3.69. The van der Waals surface area contributed by atoms with Gasteiger partial charge < -0.3 is 14.5 Å². The highest BCUT2D eigenvalue weighted by Gasteiger charge is 2.42. The summed E-state index contributed by atoms with van der Waals surface area (Å²) in [5, 5.41) is 0. The van der Waals surface area contributed by atoms with Gasteiger partial charge >= 0.3 is 0 Å². The molecular formula is C18H28N4O2. The van der Waals surface area contributed by atoms with E-state index in [0.29, 0.717) is 18.9 Å². The van der Waals surface area contributed by atoms with Gasteiger partial charge in [-0.2, -0.15) is 0 Å². The van der Waals surface area contributed by atoms with Crippen molar-refractivity contribution in [3.63, 3.8) is 0 Å². The highest BCUT2D eigenvalue weighted by Crippen LogP contribution is 2.40. The Morgan fingerprint density at radius 2 is 2.08 bits per heavy atom. The van der Waals surface area contributed by atoms with Crippen molar-refractivity contribution in [3.05, 3.63) is 18.1 Å². The minimum atomic E-state index is 0.198. The minimum Gasteiger partial charge on any atom is -0.385 e. The molecule has 1 aromatic rings. The van der Waals surface area contributed by atoms with E-state index in [0.717, 1.165) is 57.0 Å². The molecule has 0 unspecified atom stereocenters. The third-order valence-corrected chi connectivity index (χ3v) is 5.34. The van der Waals surface area contributed by atoms with E-state index < -0.39 is 0 Å². The smallest absolute Gasteiger partial charge is 0.222 e. The van der Waals surface area contributed by atoms with Crippen LogP contribution < -0.4 is 4.90 Å². The molecule has 0 radical (unpaired) electrons. The normalized spacial score (nSPS) is 24.7. The Bertz CT molecular complexity index is 580. The van der Waals surface area contributed by atoms with Crippen molar-refractivity contribution in [2.24, 2.45) is 5.41 Å². The summed E-state index contributed by atoms with van der Waals surface area (Å²) >= 11 is 0. The number of carbonyl (C=O) groups is 1. The SMILES string of the molecule is COCCCN1C[C@]2(CCCN(c3nccnc3C)C2)CCC1=O. The zero-order chi connectivity index (χ0) is 17.0. The van der Waals surface area contributed by atoms with Crippen LogP contribution in [-0.2, 0) is 9.53 Å². The molecule has 24 heavy (non-hydrogen) atoms. The number of anilines is 1. The average molecular weight is 332 g/mol. The maximum absolute atomic E-state index is 12.3. The predicted octanol–water partition coefficient (Wildman–Crippen LogP) is 2.03. The molecule has 1 aromatic heterocycles. The Morgan fingerprint density at radius 1 is 1.25 bits per heavy atom. The van der Waals surface area contributed by atoms with Crippen molar-refractivity contribution in [1.29, 1.82) is 0 Å². The van der Waals surface area contributed by atoms with E-state index in [1.54, 1.807) is 19.5 Å². The van der Waals surface area contributed by atoms with Crippen molar-refractivity contribution < 1.29 is 9.53 Å². The van der Waals surface area contributed by atoms with Gasteiger partial charge in [0.15, 0.2) is 0 Å². The van der Waals surface area contributed by atoms with Crippen LogP contribution in [0.1, 0.15) is 37.8 Å². The number of ether oxygens (including phenoxy) is 1. The van der Waals surface area contributed by atoms with Crippen LogP contribution in [0.3, 0.4) is 0 Å². The summed E-state index contributed by atoms with van der Waals surface area (Å²) < 4.78 is 5.13. The van der Waals surface area contributed by atoms with Crippen LogP contribution in [0.4, 0.5) is 5.82 Å². The van der Waals surface area contributed by atoms with Gasteiger partial charge in [0.2, 0.25) is 5.91 Å². The van der Waals surface area contributed by atoms with Gasteiger partial charge in [-0.15, -0.1) is 0 Å². The lowest BCUT2D eigenvalue weighted by Crippen LogP contribution is -2.54. The lowest BCUT2D eigenvalue weighted by molar-refractivity contribution is -0.138. The summed E-state index contributed by atoms with van der Waals surface area (Å²) in [4.78, 5) is 25.6. The van der Waals surface area contributed by atoms with E-state index in [-0.39, 0.29) is 5.41 Å². The van der Waals surface area contributed by atoms with Crippen molar-refractivity contribution in [1.82, 2.24) is 14.9 Å². The third-order valence-electron chi connectivity index (χ3n) is 5.34. The molecule has 2 aliphatic rings. The zero-order valence-electron chi connectivity index (χ0n) is 14.8. The van der Waals surface area contributed by atoms with Crippen LogP contribution in [-0.4, -0.2) is 60.7 Å². The molecule has 6 heteroatoms. The number of nitrogens with zero attached hydrogens (tertiary/aromatic N) is 4. The molecule has 132 valence electrons. The van der Waals surface area contributed by atoms with Gasteiger partial charge in [0.25, 0.3) is 0 Å². The topological polar surface area (TPSA) is 58.6 Å². The number of carbonyl (C=O) groups excluding carboxylic acids is 1. The Kier molecular flexibility index (Phi) is 5.33. The molecule has 0 aliphatic carbocycles. The number of likely N-dealkylation sites (tertiary alicyclic amines) is 1. The van der Waals surface area contributed by atoms with Gasteiger partial charge in [-0.25, -0.2) is 4.98 Å². The van der Waals surface area contributed by atoms with Crippen molar-refractivity contribution in [2.45, 2.75) is 39.0 Å². The molecule has 1 amide bonds. The van der Waals surface area contributed by atoms with E-state index in [2.05, 4.69) is 19.8 Å². The van der Waals surface area contributed by atoms with Crippen LogP contribution >= 0.6 is 0 Å². The summed E-state index contributed by atoms with van der Waals surface area (Å²) in [7, 11) is 1.71. The highest BCUT2D eigenvalue weighted by molar-refractivity contribution is 5.77. The van der Waals surface area contributed by atoms with E-state index in [1.165, 1.54) is 6.42 Å². The van der Waals surface area contributed by atoms with Crippen LogP contribution in [0.25, 0.3) is 0 Å². The summed E-state index contributed by atoms with van der Waals surface area (Å²) in [5.74, 6) is 1.30. The van der Waals surface area contributed by atoms with Gasteiger partial charge in [-0.1, -0.05) is 0 Å². The average Bonchev–Trinajstić information content (AvgIpc) is 2.59.